The number of hydrogen-bond donors (Lipinski definition) is 0. The Morgan fingerprint density at radius 2 is 1.83 bits per heavy atom. The lowest BCUT2D eigenvalue weighted by Gasteiger charge is -2.46. The number of esters is 1. The monoisotopic (exact) mass is 429 g/mol. The SMILES string of the molecule is CCOC(=O)C1=NN(c2ccc(Cl)cc2)C2(C)c3cc(OC)c(OC)cc3CCN12. The first-order chi connectivity index (χ1) is 14.4. The summed E-state index contributed by atoms with van der Waals surface area (Å²) in [6.07, 6.45) is 0.734. The van der Waals surface area contributed by atoms with Gasteiger partial charge in [-0.1, -0.05) is 11.6 Å². The predicted octanol–water partition coefficient (Wildman–Crippen LogP) is 3.78. The summed E-state index contributed by atoms with van der Waals surface area (Å²) in [6, 6.07) is 11.4. The number of carbonyl (C=O) groups is 1. The van der Waals surface area contributed by atoms with Gasteiger partial charge in [-0.25, -0.2) is 9.80 Å². The molecule has 8 heteroatoms. The van der Waals surface area contributed by atoms with Gasteiger partial charge in [0.15, 0.2) is 17.2 Å². The van der Waals surface area contributed by atoms with Crippen LogP contribution in [0.3, 0.4) is 0 Å². The highest BCUT2D eigenvalue weighted by Crippen LogP contribution is 2.47. The van der Waals surface area contributed by atoms with Crippen LogP contribution in [0.2, 0.25) is 5.02 Å². The molecule has 158 valence electrons. The second-order valence-corrected chi connectivity index (χ2v) is 7.66. The third-order valence-corrected chi connectivity index (χ3v) is 5.89. The quantitative estimate of drug-likeness (QED) is 0.674. The second kappa shape index (κ2) is 7.72. The van der Waals surface area contributed by atoms with E-state index in [0.29, 0.717) is 23.1 Å². The summed E-state index contributed by atoms with van der Waals surface area (Å²) >= 11 is 6.10. The van der Waals surface area contributed by atoms with E-state index in [4.69, 9.17) is 30.9 Å². The summed E-state index contributed by atoms with van der Waals surface area (Å²) in [7, 11) is 3.23. The molecule has 0 saturated carbocycles. The second-order valence-electron chi connectivity index (χ2n) is 7.22. The molecular formula is C22H24ClN3O4. The fourth-order valence-corrected chi connectivity index (χ4v) is 4.31. The van der Waals surface area contributed by atoms with E-state index in [0.717, 1.165) is 23.2 Å². The maximum atomic E-state index is 12.7. The molecule has 0 fully saturated rings. The highest BCUT2D eigenvalue weighted by atomic mass is 35.5. The van der Waals surface area contributed by atoms with Crippen molar-refractivity contribution >= 4 is 29.1 Å². The third kappa shape index (κ3) is 3.04. The molecule has 0 amide bonds. The molecule has 0 radical (unpaired) electrons. The number of anilines is 1. The largest absolute Gasteiger partial charge is 0.493 e. The smallest absolute Gasteiger partial charge is 0.376 e. The number of ether oxygens (including phenoxy) is 3. The van der Waals surface area contributed by atoms with Crippen LogP contribution >= 0.6 is 11.6 Å². The van der Waals surface area contributed by atoms with Crippen LogP contribution in [-0.4, -0.2) is 44.1 Å². The zero-order valence-electron chi connectivity index (χ0n) is 17.4. The lowest BCUT2D eigenvalue weighted by atomic mass is 9.87. The molecule has 7 nitrogen and oxygen atoms in total. The van der Waals surface area contributed by atoms with Gasteiger partial charge in [0.25, 0.3) is 0 Å². The van der Waals surface area contributed by atoms with Gasteiger partial charge < -0.3 is 19.1 Å². The Hall–Kier alpha value is -2.93. The Labute approximate surface area is 180 Å². The highest BCUT2D eigenvalue weighted by molar-refractivity contribution is 6.36. The molecule has 2 aliphatic rings. The first-order valence-electron chi connectivity index (χ1n) is 9.78. The molecule has 2 heterocycles. The van der Waals surface area contributed by atoms with Crippen molar-refractivity contribution in [1.29, 1.82) is 0 Å². The summed E-state index contributed by atoms with van der Waals surface area (Å²) in [6.45, 7) is 4.72. The normalized spacial score (nSPS) is 19.7. The number of rotatable bonds is 5. The summed E-state index contributed by atoms with van der Waals surface area (Å²) in [5.41, 5.74) is 2.17. The minimum absolute atomic E-state index is 0.283. The molecule has 0 aliphatic carbocycles. The van der Waals surface area contributed by atoms with Crippen LogP contribution in [-0.2, 0) is 21.6 Å². The van der Waals surface area contributed by atoms with Gasteiger partial charge in [-0.3, -0.25) is 0 Å². The molecule has 2 aromatic rings. The first-order valence-corrected chi connectivity index (χ1v) is 10.2. The van der Waals surface area contributed by atoms with E-state index in [1.807, 2.05) is 41.1 Å². The van der Waals surface area contributed by atoms with E-state index in [9.17, 15) is 4.79 Å². The molecule has 2 aliphatic heterocycles. The topological polar surface area (TPSA) is 63.6 Å². The average molecular weight is 430 g/mol. The van der Waals surface area contributed by atoms with Crippen molar-refractivity contribution in [2.75, 3.05) is 32.4 Å². The van der Waals surface area contributed by atoms with Gasteiger partial charge in [0.1, 0.15) is 0 Å². The van der Waals surface area contributed by atoms with Crippen molar-refractivity contribution < 1.29 is 19.0 Å². The summed E-state index contributed by atoms with van der Waals surface area (Å²) in [5, 5.41) is 7.18. The number of methoxy groups -OCH3 is 2. The predicted molar refractivity (Wildman–Crippen MR) is 115 cm³/mol. The first kappa shape index (κ1) is 20.3. The van der Waals surface area contributed by atoms with Gasteiger partial charge in [0, 0.05) is 17.1 Å². The Morgan fingerprint density at radius 3 is 2.47 bits per heavy atom. The highest BCUT2D eigenvalue weighted by Gasteiger charge is 2.52. The Bertz CT molecular complexity index is 1010. The number of hydrazone groups is 1. The van der Waals surface area contributed by atoms with E-state index in [1.165, 1.54) is 0 Å². The summed E-state index contributed by atoms with van der Waals surface area (Å²) in [5.74, 6) is 1.15. The zero-order valence-corrected chi connectivity index (χ0v) is 18.2. The van der Waals surface area contributed by atoms with Crippen LogP contribution in [0.15, 0.2) is 41.5 Å². The molecular weight excluding hydrogens is 406 g/mol. The van der Waals surface area contributed by atoms with E-state index in [-0.39, 0.29) is 12.4 Å². The van der Waals surface area contributed by atoms with Crippen molar-refractivity contribution in [2.45, 2.75) is 25.9 Å². The van der Waals surface area contributed by atoms with Crippen molar-refractivity contribution in [3.05, 3.63) is 52.5 Å². The molecule has 0 N–H and O–H groups in total. The zero-order chi connectivity index (χ0) is 21.5. The Morgan fingerprint density at radius 1 is 1.17 bits per heavy atom. The number of carbonyl (C=O) groups excluding carboxylic acids is 1. The molecule has 1 unspecified atom stereocenters. The number of halogens is 1. The molecule has 1 atom stereocenters. The van der Waals surface area contributed by atoms with E-state index >= 15 is 0 Å². The van der Waals surface area contributed by atoms with Gasteiger partial charge in [0.2, 0.25) is 5.84 Å². The molecule has 0 aromatic heterocycles. The molecule has 0 spiro atoms. The number of benzene rings is 2. The standard InChI is InChI=1S/C22H24ClN3O4/c1-5-30-21(27)20-24-26(16-8-6-15(23)7-9-16)22(2)17-13-19(29-4)18(28-3)12-14(17)10-11-25(20)22/h6-9,12-13H,5,10-11H2,1-4H3. The van der Waals surface area contributed by atoms with Gasteiger partial charge in [-0.05, 0) is 62.2 Å². The fraction of sp³-hybridized carbons (Fsp3) is 0.364. The molecule has 30 heavy (non-hydrogen) atoms. The molecule has 0 bridgehead atoms. The van der Waals surface area contributed by atoms with Crippen LogP contribution in [0.5, 0.6) is 11.5 Å². The number of nitrogens with zero attached hydrogens (tertiary/aromatic N) is 3. The van der Waals surface area contributed by atoms with Gasteiger partial charge in [0.05, 0.1) is 26.5 Å². The maximum Gasteiger partial charge on any atom is 0.376 e. The summed E-state index contributed by atoms with van der Waals surface area (Å²) < 4.78 is 16.3. The minimum Gasteiger partial charge on any atom is -0.493 e. The van der Waals surface area contributed by atoms with Crippen molar-refractivity contribution in [2.24, 2.45) is 5.10 Å². The van der Waals surface area contributed by atoms with Crippen LogP contribution in [0.25, 0.3) is 0 Å². The van der Waals surface area contributed by atoms with E-state index < -0.39 is 11.6 Å². The molecule has 2 aromatic carbocycles. The third-order valence-electron chi connectivity index (χ3n) is 5.64. The number of amidine groups is 1. The van der Waals surface area contributed by atoms with Crippen LogP contribution < -0.4 is 14.5 Å². The van der Waals surface area contributed by atoms with Crippen LogP contribution in [0.1, 0.15) is 25.0 Å². The average Bonchev–Trinajstić information content (AvgIpc) is 3.07. The van der Waals surface area contributed by atoms with Crippen LogP contribution in [0, 0.1) is 0 Å². The lowest BCUT2D eigenvalue weighted by molar-refractivity contribution is -0.136. The van der Waals surface area contributed by atoms with Crippen LogP contribution in [0.4, 0.5) is 5.69 Å². The Balaban J connectivity index is 1.90. The van der Waals surface area contributed by atoms with Crippen molar-refractivity contribution in [3.63, 3.8) is 0 Å². The van der Waals surface area contributed by atoms with Crippen molar-refractivity contribution in [1.82, 2.24) is 4.90 Å². The Kier molecular flexibility index (Phi) is 5.24. The lowest BCUT2D eigenvalue weighted by Crippen LogP contribution is -2.55. The van der Waals surface area contributed by atoms with E-state index in [1.54, 1.807) is 33.3 Å². The maximum absolute atomic E-state index is 12.7. The van der Waals surface area contributed by atoms with Crippen molar-refractivity contribution in [3.8, 4) is 11.5 Å². The molecule has 0 saturated heterocycles. The van der Waals surface area contributed by atoms with Gasteiger partial charge >= 0.3 is 5.97 Å². The summed E-state index contributed by atoms with van der Waals surface area (Å²) in [4.78, 5) is 14.7. The fourth-order valence-electron chi connectivity index (χ4n) is 4.19. The minimum atomic E-state index is -0.747. The van der Waals surface area contributed by atoms with E-state index in [2.05, 4.69) is 0 Å². The van der Waals surface area contributed by atoms with Gasteiger partial charge in [-0.15, -0.1) is 5.10 Å². The molecule has 4 rings (SSSR count). The number of fused-ring (bicyclic) bond motifs is 3. The number of hydrogen-bond acceptors (Lipinski definition) is 7. The van der Waals surface area contributed by atoms with Gasteiger partial charge in [-0.2, -0.15) is 0 Å².